The number of carboxylic acid groups (broad SMARTS) is 1. The van der Waals surface area contributed by atoms with Crippen LogP contribution in [0.1, 0.15) is 92.9 Å². The fraction of sp³-hybridized carbons (Fsp3) is 0.885. The quantitative estimate of drug-likeness (QED) is 0.489. The first-order valence-corrected chi connectivity index (χ1v) is 12.7. The second-order valence-electron chi connectivity index (χ2n) is 11.2. The molecule has 0 saturated heterocycles. The van der Waals surface area contributed by atoms with Crippen LogP contribution in [-0.4, -0.2) is 29.4 Å². The molecule has 0 aromatic rings. The van der Waals surface area contributed by atoms with Crippen molar-refractivity contribution < 1.29 is 19.5 Å². The molecule has 2 amide bonds. The highest BCUT2D eigenvalue weighted by Gasteiger charge is 2.31. The van der Waals surface area contributed by atoms with E-state index < -0.39 is 11.9 Å². The fourth-order valence-electron chi connectivity index (χ4n) is 5.40. The Morgan fingerprint density at radius 3 is 1.66 bits per heavy atom. The highest BCUT2D eigenvalue weighted by Crippen LogP contribution is 2.39. The van der Waals surface area contributed by atoms with E-state index in [0.29, 0.717) is 48.3 Å². The standard InChI is InChI=1S/C14H26N2O2.C12H22O2/c1-9(2)11-5-4-10(3)12(6-11)7-14(18)16-8-13(15)17;1-8(2)10-5-4-9(3)11(6-10)7-12(13)14/h9-12H,4-8H2,1-3H3,(H2,15,17)(H,16,18);8-11H,4-7H2,1-3H3,(H,13,14). The summed E-state index contributed by atoms with van der Waals surface area (Å²) in [5.41, 5.74) is 5.01. The van der Waals surface area contributed by atoms with Crippen LogP contribution in [0.4, 0.5) is 0 Å². The third kappa shape index (κ3) is 10.4. The summed E-state index contributed by atoms with van der Waals surface area (Å²) in [6.07, 6.45) is 8.11. The first kappa shape index (κ1) is 28.4. The van der Waals surface area contributed by atoms with E-state index in [2.05, 4.69) is 46.9 Å². The maximum Gasteiger partial charge on any atom is 0.303 e. The Kier molecular flexibility index (Phi) is 12.3. The molecule has 2 aliphatic carbocycles. The van der Waals surface area contributed by atoms with Crippen LogP contribution in [0.5, 0.6) is 0 Å². The van der Waals surface area contributed by atoms with E-state index in [1.165, 1.54) is 25.7 Å². The first-order chi connectivity index (χ1) is 14.9. The summed E-state index contributed by atoms with van der Waals surface area (Å²) >= 11 is 0. The van der Waals surface area contributed by atoms with Crippen LogP contribution < -0.4 is 11.1 Å². The van der Waals surface area contributed by atoms with E-state index in [1.54, 1.807) is 0 Å². The summed E-state index contributed by atoms with van der Waals surface area (Å²) < 4.78 is 0. The summed E-state index contributed by atoms with van der Waals surface area (Å²) in [7, 11) is 0. The van der Waals surface area contributed by atoms with Gasteiger partial charge in [-0.25, -0.2) is 0 Å². The van der Waals surface area contributed by atoms with Gasteiger partial charge in [0, 0.05) is 12.8 Å². The molecular weight excluding hydrogens is 404 g/mol. The van der Waals surface area contributed by atoms with Crippen molar-refractivity contribution in [2.75, 3.05) is 6.54 Å². The van der Waals surface area contributed by atoms with Crippen LogP contribution in [0.3, 0.4) is 0 Å². The molecule has 0 aliphatic heterocycles. The molecule has 0 heterocycles. The van der Waals surface area contributed by atoms with Crippen molar-refractivity contribution in [2.45, 2.75) is 92.9 Å². The van der Waals surface area contributed by atoms with Crippen molar-refractivity contribution in [1.29, 1.82) is 0 Å². The average Bonchev–Trinajstić information content (AvgIpc) is 2.69. The lowest BCUT2D eigenvalue weighted by molar-refractivity contribution is -0.139. The molecule has 2 fully saturated rings. The topological polar surface area (TPSA) is 109 Å². The number of rotatable bonds is 8. The number of hydrogen-bond acceptors (Lipinski definition) is 3. The SMILES string of the molecule is CC(C)C1CCC(C)C(CC(=O)NCC(N)=O)C1.CC(C)C1CCC(C)C(CC(=O)O)C1. The molecule has 6 unspecified atom stereocenters. The van der Waals surface area contributed by atoms with Crippen molar-refractivity contribution >= 4 is 17.8 Å². The minimum atomic E-state index is -0.633. The average molecular weight is 453 g/mol. The summed E-state index contributed by atoms with van der Waals surface area (Å²) in [5.74, 6) is 3.76. The number of carboxylic acids is 1. The number of carbonyl (C=O) groups is 3. The second kappa shape index (κ2) is 13.8. The summed E-state index contributed by atoms with van der Waals surface area (Å²) in [5, 5.41) is 11.4. The van der Waals surface area contributed by atoms with Crippen LogP contribution in [0, 0.1) is 47.3 Å². The molecule has 32 heavy (non-hydrogen) atoms. The van der Waals surface area contributed by atoms with Gasteiger partial charge < -0.3 is 16.2 Å². The number of hydrogen-bond donors (Lipinski definition) is 3. The third-order valence-corrected chi connectivity index (χ3v) is 8.04. The minimum Gasteiger partial charge on any atom is -0.481 e. The van der Waals surface area contributed by atoms with Crippen molar-refractivity contribution in [3.05, 3.63) is 0 Å². The van der Waals surface area contributed by atoms with Gasteiger partial charge in [0.1, 0.15) is 0 Å². The van der Waals surface area contributed by atoms with Gasteiger partial charge in [-0.3, -0.25) is 14.4 Å². The van der Waals surface area contributed by atoms with Gasteiger partial charge in [-0.1, -0.05) is 54.4 Å². The van der Waals surface area contributed by atoms with Crippen LogP contribution in [0.15, 0.2) is 0 Å². The summed E-state index contributed by atoms with van der Waals surface area (Å²) in [6.45, 7) is 13.4. The molecule has 186 valence electrons. The second-order valence-corrected chi connectivity index (χ2v) is 11.2. The van der Waals surface area contributed by atoms with Gasteiger partial charge in [-0.2, -0.15) is 0 Å². The van der Waals surface area contributed by atoms with Gasteiger partial charge in [0.25, 0.3) is 0 Å². The van der Waals surface area contributed by atoms with Gasteiger partial charge in [0.2, 0.25) is 11.8 Å². The maximum absolute atomic E-state index is 11.7. The summed E-state index contributed by atoms with van der Waals surface area (Å²) in [4.78, 5) is 33.0. The Labute approximate surface area is 195 Å². The van der Waals surface area contributed by atoms with Crippen LogP contribution in [0.2, 0.25) is 0 Å². The molecule has 6 nitrogen and oxygen atoms in total. The predicted octanol–water partition coefficient (Wildman–Crippen LogP) is 4.86. The molecule has 0 aromatic carbocycles. The van der Waals surface area contributed by atoms with Gasteiger partial charge in [0.15, 0.2) is 0 Å². The van der Waals surface area contributed by atoms with E-state index in [-0.39, 0.29) is 12.5 Å². The number of amides is 2. The molecular formula is C26H48N2O4. The number of carbonyl (C=O) groups excluding carboxylic acids is 2. The van der Waals surface area contributed by atoms with Crippen molar-refractivity contribution in [1.82, 2.24) is 5.32 Å². The molecule has 0 spiro atoms. The van der Waals surface area contributed by atoms with E-state index in [9.17, 15) is 14.4 Å². The molecule has 2 rings (SSSR count). The van der Waals surface area contributed by atoms with Crippen molar-refractivity contribution in [2.24, 2.45) is 53.1 Å². The maximum atomic E-state index is 11.7. The van der Waals surface area contributed by atoms with Crippen LogP contribution in [0.25, 0.3) is 0 Å². The van der Waals surface area contributed by atoms with Gasteiger partial charge >= 0.3 is 5.97 Å². The number of nitrogens with two attached hydrogens (primary N) is 1. The molecule has 0 aromatic heterocycles. The third-order valence-electron chi connectivity index (χ3n) is 8.04. The zero-order chi connectivity index (χ0) is 24.4. The normalized spacial score (nSPS) is 30.4. The molecule has 2 aliphatic rings. The van der Waals surface area contributed by atoms with E-state index in [0.717, 1.165) is 24.7 Å². The highest BCUT2D eigenvalue weighted by atomic mass is 16.4. The molecule has 2 saturated carbocycles. The van der Waals surface area contributed by atoms with E-state index in [4.69, 9.17) is 10.8 Å². The minimum absolute atomic E-state index is 0.0462. The van der Waals surface area contributed by atoms with Crippen molar-refractivity contribution in [3.63, 3.8) is 0 Å². The molecule has 0 radical (unpaired) electrons. The van der Waals surface area contributed by atoms with Crippen molar-refractivity contribution in [3.8, 4) is 0 Å². The zero-order valence-corrected chi connectivity index (χ0v) is 21.2. The molecule has 6 atom stereocenters. The monoisotopic (exact) mass is 452 g/mol. The fourth-order valence-corrected chi connectivity index (χ4v) is 5.40. The first-order valence-electron chi connectivity index (χ1n) is 12.7. The number of aliphatic carboxylic acids is 1. The van der Waals surface area contributed by atoms with Gasteiger partial charge in [-0.15, -0.1) is 0 Å². The van der Waals surface area contributed by atoms with Gasteiger partial charge in [0.05, 0.1) is 6.54 Å². The van der Waals surface area contributed by atoms with Gasteiger partial charge in [-0.05, 0) is 73.0 Å². The Bertz CT molecular complexity index is 605. The smallest absolute Gasteiger partial charge is 0.303 e. The number of primary amides is 1. The lowest BCUT2D eigenvalue weighted by Gasteiger charge is -2.36. The highest BCUT2D eigenvalue weighted by molar-refractivity contribution is 5.83. The lowest BCUT2D eigenvalue weighted by atomic mass is 9.70. The summed E-state index contributed by atoms with van der Waals surface area (Å²) in [6, 6.07) is 0. The Morgan fingerprint density at radius 1 is 0.844 bits per heavy atom. The van der Waals surface area contributed by atoms with E-state index in [1.807, 2.05) is 0 Å². The van der Waals surface area contributed by atoms with E-state index >= 15 is 0 Å². The van der Waals surface area contributed by atoms with Crippen LogP contribution >= 0.6 is 0 Å². The zero-order valence-electron chi connectivity index (χ0n) is 21.2. The molecule has 6 heteroatoms. The largest absolute Gasteiger partial charge is 0.481 e. The predicted molar refractivity (Wildman–Crippen MR) is 129 cm³/mol. The Balaban J connectivity index is 0.000000330. The Hall–Kier alpha value is -1.59. The molecule has 4 N–H and O–H groups in total. The lowest BCUT2D eigenvalue weighted by Crippen LogP contribution is -2.36. The van der Waals surface area contributed by atoms with Crippen LogP contribution in [-0.2, 0) is 14.4 Å². The number of nitrogens with one attached hydrogen (secondary N) is 1. The molecule has 0 bridgehead atoms. The Morgan fingerprint density at radius 2 is 1.28 bits per heavy atom.